The summed E-state index contributed by atoms with van der Waals surface area (Å²) in [5, 5.41) is 0.673. The summed E-state index contributed by atoms with van der Waals surface area (Å²) in [4.78, 5) is 16.3. The molecule has 3 rings (SSSR count). The molecule has 1 fully saturated rings. The molecule has 1 aliphatic heterocycles. The van der Waals surface area contributed by atoms with Crippen molar-refractivity contribution >= 4 is 23.2 Å². The molecule has 0 aliphatic carbocycles. The number of rotatable bonds is 4. The third-order valence-corrected chi connectivity index (χ3v) is 5.80. The average molecular weight is 441 g/mol. The minimum absolute atomic E-state index is 0.149. The van der Waals surface area contributed by atoms with Crippen LogP contribution in [-0.2, 0) is 11.0 Å². The molecule has 162 valence electrons. The second kappa shape index (κ2) is 8.76. The molecule has 0 spiro atoms. The van der Waals surface area contributed by atoms with Crippen molar-refractivity contribution in [3.05, 3.63) is 58.1 Å². The molecule has 1 heterocycles. The Bertz CT molecular complexity index is 902. The van der Waals surface area contributed by atoms with Gasteiger partial charge in [0, 0.05) is 36.9 Å². The van der Waals surface area contributed by atoms with Crippen LogP contribution in [0.1, 0.15) is 23.6 Å². The molecule has 0 radical (unpaired) electrons. The van der Waals surface area contributed by atoms with Crippen LogP contribution in [0.25, 0.3) is 0 Å². The molecule has 0 N–H and O–H groups in total. The standard InChI is InChI=1S/C22H24ClF3N2O2/c1-14-11-19(12-15(2)20(14)23)30-16(3)21(29)28-9-7-27(8-10-28)18-6-4-5-17(13-18)22(24,25)26/h4-6,11-13,16H,7-10H2,1-3H3. The molecule has 1 atom stereocenters. The first-order valence-corrected chi connectivity index (χ1v) is 10.1. The number of hydrogen-bond acceptors (Lipinski definition) is 3. The number of piperazine rings is 1. The van der Waals surface area contributed by atoms with Gasteiger partial charge >= 0.3 is 6.18 Å². The Balaban J connectivity index is 1.60. The van der Waals surface area contributed by atoms with Crippen LogP contribution in [0, 0.1) is 13.8 Å². The Morgan fingerprint density at radius 3 is 2.23 bits per heavy atom. The first kappa shape index (κ1) is 22.3. The summed E-state index contributed by atoms with van der Waals surface area (Å²) in [6.45, 7) is 7.20. The molecule has 1 amide bonds. The molecule has 1 aliphatic rings. The number of alkyl halides is 3. The van der Waals surface area contributed by atoms with Crippen molar-refractivity contribution < 1.29 is 22.7 Å². The lowest BCUT2D eigenvalue weighted by atomic mass is 10.1. The van der Waals surface area contributed by atoms with Gasteiger partial charge in [-0.1, -0.05) is 17.7 Å². The van der Waals surface area contributed by atoms with E-state index in [-0.39, 0.29) is 5.91 Å². The zero-order chi connectivity index (χ0) is 22.1. The van der Waals surface area contributed by atoms with Crippen LogP contribution in [0.3, 0.4) is 0 Å². The van der Waals surface area contributed by atoms with E-state index in [1.54, 1.807) is 30.0 Å². The van der Waals surface area contributed by atoms with Gasteiger partial charge in [0.2, 0.25) is 0 Å². The molecule has 0 bridgehead atoms. The van der Waals surface area contributed by atoms with Crippen LogP contribution in [-0.4, -0.2) is 43.1 Å². The number of aryl methyl sites for hydroxylation is 2. The Hall–Kier alpha value is -2.41. The molecule has 0 saturated carbocycles. The smallest absolute Gasteiger partial charge is 0.416 e. The predicted molar refractivity (Wildman–Crippen MR) is 111 cm³/mol. The van der Waals surface area contributed by atoms with Crippen LogP contribution in [0.15, 0.2) is 36.4 Å². The highest BCUT2D eigenvalue weighted by molar-refractivity contribution is 6.32. The first-order chi connectivity index (χ1) is 14.1. The van der Waals surface area contributed by atoms with Gasteiger partial charge in [-0.25, -0.2) is 0 Å². The van der Waals surface area contributed by atoms with Gasteiger partial charge in [0.05, 0.1) is 5.56 Å². The zero-order valence-corrected chi connectivity index (χ0v) is 17.8. The van der Waals surface area contributed by atoms with E-state index >= 15 is 0 Å². The molecule has 1 saturated heterocycles. The molecular formula is C22H24ClF3N2O2. The minimum Gasteiger partial charge on any atom is -0.481 e. The molecule has 2 aromatic rings. The molecule has 30 heavy (non-hydrogen) atoms. The lowest BCUT2D eigenvalue weighted by molar-refractivity contribution is -0.138. The fourth-order valence-corrected chi connectivity index (χ4v) is 3.66. The summed E-state index contributed by atoms with van der Waals surface area (Å²) in [6, 6.07) is 8.86. The normalized spacial score (nSPS) is 15.8. The third kappa shape index (κ3) is 5.01. The highest BCUT2D eigenvalue weighted by Gasteiger charge is 2.31. The van der Waals surface area contributed by atoms with Crippen LogP contribution >= 0.6 is 11.6 Å². The molecule has 0 aromatic heterocycles. The van der Waals surface area contributed by atoms with Gasteiger partial charge in [0.15, 0.2) is 6.10 Å². The van der Waals surface area contributed by atoms with Gasteiger partial charge in [-0.05, 0) is 62.2 Å². The van der Waals surface area contributed by atoms with Crippen LogP contribution in [0.2, 0.25) is 5.02 Å². The van der Waals surface area contributed by atoms with Gasteiger partial charge < -0.3 is 14.5 Å². The summed E-state index contributed by atoms with van der Waals surface area (Å²) in [6.07, 6.45) is -5.05. The van der Waals surface area contributed by atoms with Gasteiger partial charge in [0.25, 0.3) is 5.91 Å². The topological polar surface area (TPSA) is 32.8 Å². The Morgan fingerprint density at radius 1 is 1.07 bits per heavy atom. The van der Waals surface area contributed by atoms with Crippen molar-refractivity contribution in [2.24, 2.45) is 0 Å². The van der Waals surface area contributed by atoms with Crippen LogP contribution < -0.4 is 9.64 Å². The van der Waals surface area contributed by atoms with Crippen molar-refractivity contribution in [2.75, 3.05) is 31.1 Å². The van der Waals surface area contributed by atoms with Crippen LogP contribution in [0.5, 0.6) is 5.75 Å². The van der Waals surface area contributed by atoms with Gasteiger partial charge in [-0.2, -0.15) is 13.2 Å². The Labute approximate surface area is 179 Å². The van der Waals surface area contributed by atoms with E-state index in [1.165, 1.54) is 6.07 Å². The molecule has 2 aromatic carbocycles. The van der Waals surface area contributed by atoms with E-state index < -0.39 is 17.8 Å². The lowest BCUT2D eigenvalue weighted by Gasteiger charge is -2.37. The number of hydrogen-bond donors (Lipinski definition) is 0. The van der Waals surface area contributed by atoms with E-state index in [0.29, 0.717) is 42.6 Å². The number of carbonyl (C=O) groups excluding carboxylic acids is 1. The molecule has 1 unspecified atom stereocenters. The third-order valence-electron chi connectivity index (χ3n) is 5.20. The number of halogens is 4. The Morgan fingerprint density at radius 2 is 1.67 bits per heavy atom. The van der Waals surface area contributed by atoms with E-state index in [4.69, 9.17) is 16.3 Å². The predicted octanol–water partition coefficient (Wildman–Crippen LogP) is 5.09. The van der Waals surface area contributed by atoms with E-state index in [0.717, 1.165) is 23.3 Å². The quantitative estimate of drug-likeness (QED) is 0.663. The summed E-state index contributed by atoms with van der Waals surface area (Å²) in [5.41, 5.74) is 1.59. The maximum absolute atomic E-state index is 13.0. The number of carbonyl (C=O) groups is 1. The summed E-state index contributed by atoms with van der Waals surface area (Å²) in [7, 11) is 0. The second-order valence-corrected chi connectivity index (χ2v) is 7.87. The molecular weight excluding hydrogens is 417 g/mol. The number of amides is 1. The average Bonchev–Trinajstić information content (AvgIpc) is 2.71. The van der Waals surface area contributed by atoms with Crippen molar-refractivity contribution in [1.29, 1.82) is 0 Å². The maximum Gasteiger partial charge on any atom is 0.416 e. The summed E-state index contributed by atoms with van der Waals surface area (Å²) in [5.74, 6) is 0.432. The maximum atomic E-state index is 13.0. The highest BCUT2D eigenvalue weighted by Crippen LogP contribution is 2.32. The SMILES string of the molecule is Cc1cc(OC(C)C(=O)N2CCN(c3cccc(C(F)(F)F)c3)CC2)cc(C)c1Cl. The minimum atomic E-state index is -4.38. The van der Waals surface area contributed by atoms with Gasteiger partial charge in [-0.3, -0.25) is 4.79 Å². The van der Waals surface area contributed by atoms with E-state index in [1.807, 2.05) is 18.7 Å². The lowest BCUT2D eigenvalue weighted by Crippen LogP contribution is -2.52. The molecule has 4 nitrogen and oxygen atoms in total. The van der Waals surface area contributed by atoms with Crippen LogP contribution in [0.4, 0.5) is 18.9 Å². The fraction of sp³-hybridized carbons (Fsp3) is 0.409. The van der Waals surface area contributed by atoms with Crippen molar-refractivity contribution in [3.8, 4) is 5.75 Å². The number of ether oxygens (including phenoxy) is 1. The van der Waals surface area contributed by atoms with Crippen molar-refractivity contribution in [1.82, 2.24) is 4.90 Å². The highest BCUT2D eigenvalue weighted by atomic mass is 35.5. The van der Waals surface area contributed by atoms with Crippen molar-refractivity contribution in [3.63, 3.8) is 0 Å². The Kier molecular flexibility index (Phi) is 6.50. The number of anilines is 1. The van der Waals surface area contributed by atoms with Crippen molar-refractivity contribution in [2.45, 2.75) is 33.1 Å². The number of nitrogens with zero attached hydrogens (tertiary/aromatic N) is 2. The van der Waals surface area contributed by atoms with Gasteiger partial charge in [0.1, 0.15) is 5.75 Å². The monoisotopic (exact) mass is 440 g/mol. The van der Waals surface area contributed by atoms with E-state index in [2.05, 4.69) is 0 Å². The number of benzene rings is 2. The first-order valence-electron chi connectivity index (χ1n) is 9.70. The largest absolute Gasteiger partial charge is 0.481 e. The van der Waals surface area contributed by atoms with E-state index in [9.17, 15) is 18.0 Å². The summed E-state index contributed by atoms with van der Waals surface area (Å²) < 4.78 is 44.7. The molecule has 8 heteroatoms. The zero-order valence-electron chi connectivity index (χ0n) is 17.1. The second-order valence-electron chi connectivity index (χ2n) is 7.49. The van der Waals surface area contributed by atoms with Gasteiger partial charge in [-0.15, -0.1) is 0 Å². The summed E-state index contributed by atoms with van der Waals surface area (Å²) >= 11 is 6.17. The fourth-order valence-electron chi connectivity index (χ4n) is 3.55.